The number of methoxy groups -OCH3 is 2. The van der Waals surface area contributed by atoms with E-state index in [1.165, 1.54) is 11.3 Å². The third kappa shape index (κ3) is 4.49. The van der Waals surface area contributed by atoms with Gasteiger partial charge in [-0.3, -0.25) is 14.5 Å². The minimum Gasteiger partial charge on any atom is -0.497 e. The normalized spacial score (nSPS) is 16.6. The summed E-state index contributed by atoms with van der Waals surface area (Å²) in [6, 6.07) is 29.2. The van der Waals surface area contributed by atoms with Crippen LogP contribution in [0.2, 0.25) is 0 Å². The number of benzene rings is 4. The van der Waals surface area contributed by atoms with Gasteiger partial charge in [-0.15, -0.1) is 0 Å². The molecule has 1 aliphatic heterocycles. The Morgan fingerprint density at radius 2 is 1.49 bits per heavy atom. The van der Waals surface area contributed by atoms with Gasteiger partial charge in [0.15, 0.2) is 5.13 Å². The molecule has 7 nitrogen and oxygen atoms in total. The van der Waals surface area contributed by atoms with Gasteiger partial charge in [0.2, 0.25) is 5.91 Å². The highest BCUT2D eigenvalue weighted by Gasteiger charge is 2.45. The molecule has 1 N–H and O–H groups in total. The Bertz CT molecular complexity index is 1630. The van der Waals surface area contributed by atoms with Crippen LogP contribution < -0.4 is 19.7 Å². The third-order valence-corrected chi connectivity index (χ3v) is 7.91. The Hall–Kier alpha value is -4.69. The lowest BCUT2D eigenvalue weighted by molar-refractivity contribution is -0.118. The average molecular weight is 536 g/mol. The minimum atomic E-state index is -0.707. The van der Waals surface area contributed by atoms with Crippen LogP contribution in [0.25, 0.3) is 10.2 Å². The molecule has 5 aromatic rings. The Kier molecular flexibility index (Phi) is 6.46. The molecule has 0 unspecified atom stereocenters. The standard InChI is InChI=1S/C31H25N3O4S/c1-37-21-15-11-19(12-16-21)28-27(29(35)33-31-32-25-9-5-6-10-26(25)39-31)23-7-3-4-8-24(23)30(36)34(28)20-13-17-22(38-2)18-14-20/h3-18,27-28H,1-2H3,(H,32,33,35)/t27-,28+/m0/s1. The molecule has 0 fully saturated rings. The molecule has 2 heterocycles. The minimum absolute atomic E-state index is 0.180. The molecule has 39 heavy (non-hydrogen) atoms. The molecule has 0 aliphatic carbocycles. The predicted octanol–water partition coefficient (Wildman–Crippen LogP) is 6.44. The maximum Gasteiger partial charge on any atom is 0.259 e. The maximum absolute atomic E-state index is 14.2. The van der Waals surface area contributed by atoms with Crippen LogP contribution in [0.4, 0.5) is 10.8 Å². The van der Waals surface area contributed by atoms with Gasteiger partial charge in [-0.2, -0.15) is 0 Å². The summed E-state index contributed by atoms with van der Waals surface area (Å²) in [6.07, 6.45) is 0. The summed E-state index contributed by atoms with van der Waals surface area (Å²) in [5, 5.41) is 3.57. The van der Waals surface area contributed by atoms with Crippen molar-refractivity contribution in [3.05, 3.63) is 114 Å². The van der Waals surface area contributed by atoms with Gasteiger partial charge in [0.05, 0.1) is 36.4 Å². The van der Waals surface area contributed by atoms with Crippen LogP contribution in [0.5, 0.6) is 11.5 Å². The zero-order chi connectivity index (χ0) is 26.9. The molecule has 8 heteroatoms. The van der Waals surface area contributed by atoms with E-state index in [2.05, 4.69) is 10.3 Å². The van der Waals surface area contributed by atoms with Crippen molar-refractivity contribution in [3.63, 3.8) is 0 Å². The van der Waals surface area contributed by atoms with Crippen LogP contribution in [0.1, 0.15) is 33.4 Å². The first-order valence-corrected chi connectivity index (χ1v) is 13.3. The molecule has 6 rings (SSSR count). The van der Waals surface area contributed by atoms with Gasteiger partial charge in [0.1, 0.15) is 11.5 Å². The highest BCUT2D eigenvalue weighted by Crippen LogP contribution is 2.46. The van der Waals surface area contributed by atoms with E-state index in [0.717, 1.165) is 15.8 Å². The number of para-hydroxylation sites is 1. The van der Waals surface area contributed by atoms with Gasteiger partial charge in [-0.05, 0) is 65.7 Å². The van der Waals surface area contributed by atoms with E-state index in [-0.39, 0.29) is 11.8 Å². The lowest BCUT2D eigenvalue weighted by atomic mass is 9.79. The first-order valence-electron chi connectivity index (χ1n) is 12.4. The van der Waals surface area contributed by atoms with E-state index in [4.69, 9.17) is 9.47 Å². The van der Waals surface area contributed by atoms with Crippen molar-refractivity contribution in [2.75, 3.05) is 24.4 Å². The SMILES string of the molecule is COc1ccc([C@@H]2[C@@H](C(=O)Nc3nc4ccccc4s3)c3ccccc3C(=O)N2c2ccc(OC)cc2)cc1. The summed E-state index contributed by atoms with van der Waals surface area (Å²) in [5.41, 5.74) is 3.45. The van der Waals surface area contributed by atoms with Crippen LogP contribution in [-0.4, -0.2) is 31.0 Å². The molecule has 1 aromatic heterocycles. The second-order valence-corrected chi connectivity index (χ2v) is 10.2. The molecule has 1 aliphatic rings. The molecule has 2 atom stereocenters. The zero-order valence-electron chi connectivity index (χ0n) is 21.3. The Labute approximate surface area is 229 Å². The molecule has 4 aromatic carbocycles. The highest BCUT2D eigenvalue weighted by molar-refractivity contribution is 7.22. The first kappa shape index (κ1) is 24.6. The number of ether oxygens (including phenoxy) is 2. The van der Waals surface area contributed by atoms with Crippen LogP contribution in [-0.2, 0) is 4.79 Å². The van der Waals surface area contributed by atoms with Crippen molar-refractivity contribution in [2.45, 2.75) is 12.0 Å². The van der Waals surface area contributed by atoms with Crippen molar-refractivity contribution in [3.8, 4) is 11.5 Å². The van der Waals surface area contributed by atoms with Gasteiger partial charge in [0, 0.05) is 11.3 Å². The number of nitrogens with zero attached hydrogens (tertiary/aromatic N) is 2. The Morgan fingerprint density at radius 1 is 0.846 bits per heavy atom. The van der Waals surface area contributed by atoms with Crippen molar-refractivity contribution < 1.29 is 19.1 Å². The van der Waals surface area contributed by atoms with Gasteiger partial charge < -0.3 is 14.8 Å². The van der Waals surface area contributed by atoms with Crippen molar-refractivity contribution in [2.24, 2.45) is 0 Å². The summed E-state index contributed by atoms with van der Waals surface area (Å²) in [4.78, 5) is 34.5. The van der Waals surface area contributed by atoms with Gasteiger partial charge in [-0.25, -0.2) is 4.98 Å². The molecule has 194 valence electrons. The quantitative estimate of drug-likeness (QED) is 0.271. The van der Waals surface area contributed by atoms with Crippen molar-refractivity contribution in [1.82, 2.24) is 4.98 Å². The fraction of sp³-hybridized carbons (Fsp3) is 0.129. The third-order valence-electron chi connectivity index (χ3n) is 6.95. The number of anilines is 2. The Balaban J connectivity index is 1.50. The largest absolute Gasteiger partial charge is 0.497 e. The fourth-order valence-corrected chi connectivity index (χ4v) is 5.96. The van der Waals surface area contributed by atoms with Gasteiger partial charge in [-0.1, -0.05) is 53.8 Å². The van der Waals surface area contributed by atoms with Crippen LogP contribution in [0.15, 0.2) is 97.1 Å². The van der Waals surface area contributed by atoms with Crippen molar-refractivity contribution >= 4 is 44.2 Å². The number of carbonyl (C=O) groups excluding carboxylic acids is 2. The van der Waals surface area contributed by atoms with E-state index in [1.807, 2.05) is 91.0 Å². The van der Waals surface area contributed by atoms with Crippen LogP contribution >= 0.6 is 11.3 Å². The van der Waals surface area contributed by atoms with Crippen LogP contribution in [0.3, 0.4) is 0 Å². The molecule has 0 saturated carbocycles. The number of carbonyl (C=O) groups is 2. The van der Waals surface area contributed by atoms with Gasteiger partial charge >= 0.3 is 0 Å². The molecule has 2 amide bonds. The molecule has 0 radical (unpaired) electrons. The molecule has 0 bridgehead atoms. The topological polar surface area (TPSA) is 80.8 Å². The van der Waals surface area contributed by atoms with Crippen molar-refractivity contribution in [1.29, 1.82) is 0 Å². The number of nitrogens with one attached hydrogen (secondary N) is 1. The highest BCUT2D eigenvalue weighted by atomic mass is 32.1. The number of aromatic nitrogens is 1. The smallest absolute Gasteiger partial charge is 0.259 e. The maximum atomic E-state index is 14.2. The second-order valence-electron chi connectivity index (χ2n) is 9.13. The second kappa shape index (κ2) is 10.2. The number of hydrogen-bond acceptors (Lipinski definition) is 6. The van der Waals surface area contributed by atoms with E-state index in [1.54, 1.807) is 25.2 Å². The van der Waals surface area contributed by atoms with E-state index < -0.39 is 12.0 Å². The zero-order valence-corrected chi connectivity index (χ0v) is 22.1. The summed E-state index contributed by atoms with van der Waals surface area (Å²) in [7, 11) is 3.20. The summed E-state index contributed by atoms with van der Waals surface area (Å²) < 4.78 is 11.7. The molecule has 0 saturated heterocycles. The number of thiazole rings is 1. The summed E-state index contributed by atoms with van der Waals surface area (Å²) in [6.45, 7) is 0. The van der Waals surface area contributed by atoms with E-state index in [9.17, 15) is 9.59 Å². The predicted molar refractivity (Wildman–Crippen MR) is 153 cm³/mol. The monoisotopic (exact) mass is 535 g/mol. The van der Waals surface area contributed by atoms with E-state index >= 15 is 0 Å². The molecular weight excluding hydrogens is 510 g/mol. The average Bonchev–Trinajstić information content (AvgIpc) is 3.39. The van der Waals surface area contributed by atoms with Crippen LogP contribution in [0, 0.1) is 0 Å². The lowest BCUT2D eigenvalue weighted by Gasteiger charge is -2.41. The molecular formula is C31H25N3O4S. The van der Waals surface area contributed by atoms with E-state index in [0.29, 0.717) is 33.4 Å². The molecule has 0 spiro atoms. The summed E-state index contributed by atoms with van der Waals surface area (Å²) in [5.74, 6) is 0.234. The summed E-state index contributed by atoms with van der Waals surface area (Å²) >= 11 is 1.42. The number of rotatable bonds is 6. The lowest BCUT2D eigenvalue weighted by Crippen LogP contribution is -2.46. The number of hydrogen-bond donors (Lipinski definition) is 1. The first-order chi connectivity index (χ1) is 19.1. The van der Waals surface area contributed by atoms with Gasteiger partial charge in [0.25, 0.3) is 5.91 Å². The Morgan fingerprint density at radius 3 is 2.18 bits per heavy atom. The fourth-order valence-electron chi connectivity index (χ4n) is 5.09. The number of fused-ring (bicyclic) bond motifs is 2. The number of amides is 2.